The molecule has 1 unspecified atom stereocenters. The van der Waals surface area contributed by atoms with Gasteiger partial charge in [-0.15, -0.1) is 0 Å². The molecule has 1 N–H and O–H groups in total. The first-order valence-corrected chi connectivity index (χ1v) is 9.99. The third-order valence-corrected chi connectivity index (χ3v) is 8.59. The minimum atomic E-state index is -0.103. The van der Waals surface area contributed by atoms with E-state index < -0.39 is 0 Å². The SMILES string of the molecule is CC[C@H]1C(C)C[C@H]2C3=CC=C4C[C@@H](O)CC[C@]4(C)[C@H]3CC[C@@]21C. The summed E-state index contributed by atoms with van der Waals surface area (Å²) in [5, 5.41) is 10.1. The zero-order valence-electron chi connectivity index (χ0n) is 15.4. The molecule has 0 spiro atoms. The lowest BCUT2D eigenvalue weighted by molar-refractivity contribution is 0.0419. The largest absolute Gasteiger partial charge is 0.393 e. The molecule has 1 nitrogen and oxygen atoms in total. The smallest absolute Gasteiger partial charge is 0.0578 e. The van der Waals surface area contributed by atoms with Crippen molar-refractivity contribution in [2.45, 2.75) is 78.7 Å². The quantitative estimate of drug-likeness (QED) is 0.677. The van der Waals surface area contributed by atoms with Crippen LogP contribution >= 0.6 is 0 Å². The fourth-order valence-electron chi connectivity index (χ4n) is 7.31. The highest BCUT2D eigenvalue weighted by Gasteiger charge is 2.57. The minimum Gasteiger partial charge on any atom is -0.393 e. The molecule has 3 fully saturated rings. The van der Waals surface area contributed by atoms with Crippen molar-refractivity contribution >= 4 is 0 Å². The molecule has 0 aliphatic heterocycles. The Balaban J connectivity index is 1.73. The van der Waals surface area contributed by atoms with Crippen LogP contribution in [0.15, 0.2) is 23.3 Å². The maximum Gasteiger partial charge on any atom is 0.0578 e. The molecule has 0 aromatic heterocycles. The number of aliphatic hydroxyl groups is 1. The van der Waals surface area contributed by atoms with E-state index >= 15 is 0 Å². The van der Waals surface area contributed by atoms with Crippen LogP contribution in [0.25, 0.3) is 0 Å². The van der Waals surface area contributed by atoms with Crippen LogP contribution < -0.4 is 0 Å². The molecule has 4 rings (SSSR count). The molecule has 1 heteroatoms. The first-order valence-electron chi connectivity index (χ1n) is 9.99. The standard InChI is InChI=1S/C22H34O/c1-5-18-14(2)12-20-17-7-6-15-13-16(23)8-10-21(15,3)19(17)9-11-22(18,20)4/h6-7,14,16,18-20,23H,5,8-13H2,1-4H3/t14?,16-,18-,19-,20-,21-,22+/m0/s1. The molecule has 0 radical (unpaired) electrons. The maximum atomic E-state index is 10.1. The molecular weight excluding hydrogens is 280 g/mol. The minimum absolute atomic E-state index is 0.103. The van der Waals surface area contributed by atoms with Crippen LogP contribution in [0.2, 0.25) is 0 Å². The van der Waals surface area contributed by atoms with Gasteiger partial charge in [0.25, 0.3) is 0 Å². The third-order valence-electron chi connectivity index (χ3n) is 8.59. The highest BCUT2D eigenvalue weighted by atomic mass is 16.3. The summed E-state index contributed by atoms with van der Waals surface area (Å²) in [5.41, 5.74) is 4.18. The molecule has 0 heterocycles. The van der Waals surface area contributed by atoms with E-state index in [-0.39, 0.29) is 6.10 Å². The van der Waals surface area contributed by atoms with Crippen LogP contribution in [0.5, 0.6) is 0 Å². The number of hydrogen-bond donors (Lipinski definition) is 1. The molecule has 23 heavy (non-hydrogen) atoms. The average Bonchev–Trinajstić information content (AvgIpc) is 2.77. The van der Waals surface area contributed by atoms with Gasteiger partial charge in [-0.25, -0.2) is 0 Å². The first kappa shape index (κ1) is 15.9. The highest BCUT2D eigenvalue weighted by molar-refractivity contribution is 5.39. The second kappa shape index (κ2) is 5.22. The van der Waals surface area contributed by atoms with Gasteiger partial charge < -0.3 is 5.11 Å². The molecule has 3 saturated carbocycles. The van der Waals surface area contributed by atoms with Crippen LogP contribution in [0.1, 0.15) is 72.6 Å². The summed E-state index contributed by atoms with van der Waals surface area (Å²) in [6.07, 6.45) is 13.4. The Morgan fingerprint density at radius 1 is 1.13 bits per heavy atom. The summed E-state index contributed by atoms with van der Waals surface area (Å²) >= 11 is 0. The number of rotatable bonds is 1. The molecule has 0 saturated heterocycles. The van der Waals surface area contributed by atoms with E-state index in [1.807, 2.05) is 0 Å². The Hall–Kier alpha value is -0.560. The van der Waals surface area contributed by atoms with Crippen molar-refractivity contribution in [2.75, 3.05) is 0 Å². The predicted octanol–water partition coefficient (Wildman–Crippen LogP) is 5.50. The number of fused-ring (bicyclic) bond motifs is 5. The summed E-state index contributed by atoms with van der Waals surface area (Å²) in [4.78, 5) is 0. The molecule has 0 aromatic rings. The molecule has 4 aliphatic carbocycles. The van der Waals surface area contributed by atoms with Gasteiger partial charge in [0.1, 0.15) is 0 Å². The topological polar surface area (TPSA) is 20.2 Å². The van der Waals surface area contributed by atoms with Crippen LogP contribution in [0.4, 0.5) is 0 Å². The van der Waals surface area contributed by atoms with Crippen molar-refractivity contribution in [1.29, 1.82) is 0 Å². The Labute approximate surface area is 142 Å². The Kier molecular flexibility index (Phi) is 3.61. The van der Waals surface area contributed by atoms with Gasteiger partial charge in [0.15, 0.2) is 0 Å². The van der Waals surface area contributed by atoms with Gasteiger partial charge in [0.2, 0.25) is 0 Å². The van der Waals surface area contributed by atoms with Gasteiger partial charge in [0.05, 0.1) is 6.10 Å². The first-order chi connectivity index (χ1) is 10.9. The summed E-state index contributed by atoms with van der Waals surface area (Å²) in [7, 11) is 0. The maximum absolute atomic E-state index is 10.1. The second-order valence-corrected chi connectivity index (χ2v) is 9.55. The molecule has 0 amide bonds. The van der Waals surface area contributed by atoms with Crippen LogP contribution in [-0.4, -0.2) is 11.2 Å². The van der Waals surface area contributed by atoms with Gasteiger partial charge >= 0.3 is 0 Å². The van der Waals surface area contributed by atoms with Crippen molar-refractivity contribution in [3.63, 3.8) is 0 Å². The van der Waals surface area contributed by atoms with Crippen molar-refractivity contribution in [1.82, 2.24) is 0 Å². The van der Waals surface area contributed by atoms with E-state index in [4.69, 9.17) is 0 Å². The van der Waals surface area contributed by atoms with Crippen molar-refractivity contribution < 1.29 is 5.11 Å². The van der Waals surface area contributed by atoms with Crippen LogP contribution in [0, 0.1) is 34.5 Å². The van der Waals surface area contributed by atoms with Gasteiger partial charge in [-0.2, -0.15) is 0 Å². The van der Waals surface area contributed by atoms with Crippen molar-refractivity contribution in [3.05, 3.63) is 23.3 Å². The fourth-order valence-corrected chi connectivity index (χ4v) is 7.31. The summed E-state index contributed by atoms with van der Waals surface area (Å²) in [6, 6.07) is 0. The normalized spacial score (nSPS) is 52.1. The third kappa shape index (κ3) is 2.08. The molecule has 128 valence electrons. The van der Waals surface area contributed by atoms with E-state index in [1.54, 1.807) is 5.57 Å². The van der Waals surface area contributed by atoms with Crippen molar-refractivity contribution in [2.24, 2.45) is 34.5 Å². The van der Waals surface area contributed by atoms with Crippen LogP contribution in [0.3, 0.4) is 0 Å². The molecule has 0 aromatic carbocycles. The Bertz CT molecular complexity index is 558. The Morgan fingerprint density at radius 2 is 1.91 bits per heavy atom. The monoisotopic (exact) mass is 314 g/mol. The van der Waals surface area contributed by atoms with E-state index in [0.717, 1.165) is 36.5 Å². The second-order valence-electron chi connectivity index (χ2n) is 9.55. The van der Waals surface area contributed by atoms with Gasteiger partial charge in [-0.1, -0.05) is 57.4 Å². The van der Waals surface area contributed by atoms with E-state index in [9.17, 15) is 5.11 Å². The van der Waals surface area contributed by atoms with Gasteiger partial charge in [-0.3, -0.25) is 0 Å². The lowest BCUT2D eigenvalue weighted by atomic mass is 9.50. The zero-order valence-corrected chi connectivity index (χ0v) is 15.4. The number of allylic oxidation sites excluding steroid dienone is 3. The van der Waals surface area contributed by atoms with E-state index in [0.29, 0.717) is 10.8 Å². The lowest BCUT2D eigenvalue weighted by Crippen LogP contribution is -2.45. The number of aliphatic hydroxyl groups excluding tert-OH is 1. The molecule has 0 bridgehead atoms. The fraction of sp³-hybridized carbons (Fsp3) is 0.818. The van der Waals surface area contributed by atoms with Crippen molar-refractivity contribution in [3.8, 4) is 0 Å². The summed E-state index contributed by atoms with van der Waals surface area (Å²) in [5.74, 6) is 3.33. The average molecular weight is 315 g/mol. The van der Waals surface area contributed by atoms with Gasteiger partial charge in [-0.05, 0) is 73.0 Å². The molecule has 7 atom stereocenters. The van der Waals surface area contributed by atoms with Gasteiger partial charge in [0, 0.05) is 0 Å². The summed E-state index contributed by atoms with van der Waals surface area (Å²) in [6.45, 7) is 9.99. The Morgan fingerprint density at radius 3 is 2.65 bits per heavy atom. The predicted molar refractivity (Wildman–Crippen MR) is 96.0 cm³/mol. The van der Waals surface area contributed by atoms with E-state index in [1.165, 1.54) is 37.7 Å². The lowest BCUT2D eigenvalue weighted by Gasteiger charge is -2.54. The van der Waals surface area contributed by atoms with E-state index in [2.05, 4.69) is 39.8 Å². The molecular formula is C22H34O. The zero-order chi connectivity index (χ0) is 16.4. The molecule has 4 aliphatic rings. The number of hydrogen-bond acceptors (Lipinski definition) is 1. The highest BCUT2D eigenvalue weighted by Crippen LogP contribution is 2.66. The van der Waals surface area contributed by atoms with Crippen LogP contribution in [-0.2, 0) is 0 Å². The summed E-state index contributed by atoms with van der Waals surface area (Å²) < 4.78 is 0.